The number of nitrogens with one attached hydrogen (secondary N) is 1. The number of hydrogen-bond acceptors (Lipinski definition) is 4. The summed E-state index contributed by atoms with van der Waals surface area (Å²) < 4.78 is 18.7. The molecule has 7 heteroatoms. The number of nitrogens with zero attached hydrogens (tertiary/aromatic N) is 2. The number of fused-ring (bicyclic) bond motifs is 1. The van der Waals surface area contributed by atoms with Crippen molar-refractivity contribution in [2.24, 2.45) is 0 Å². The highest BCUT2D eigenvalue weighted by Crippen LogP contribution is 2.21. The fourth-order valence-electron chi connectivity index (χ4n) is 3.61. The lowest BCUT2D eigenvalue weighted by Gasteiger charge is -2.36. The maximum atomic E-state index is 13.4. The topological polar surface area (TPSA) is 48.7 Å². The number of hydrogen-bond donors (Lipinski definition) is 1. The van der Waals surface area contributed by atoms with Gasteiger partial charge in [0.2, 0.25) is 0 Å². The Balaban J connectivity index is 1.36. The van der Waals surface area contributed by atoms with Gasteiger partial charge >= 0.3 is 5.63 Å². The van der Waals surface area contributed by atoms with Gasteiger partial charge in [-0.25, -0.2) is 9.18 Å². The average Bonchev–Trinajstić information content (AvgIpc) is 2.68. The van der Waals surface area contributed by atoms with E-state index in [-0.39, 0.29) is 11.4 Å². The van der Waals surface area contributed by atoms with Crippen molar-refractivity contribution in [1.29, 1.82) is 0 Å². The predicted octanol–water partition coefficient (Wildman–Crippen LogP) is 3.76. The molecule has 0 unspecified atom stereocenters. The van der Waals surface area contributed by atoms with E-state index in [0.29, 0.717) is 10.7 Å². The van der Waals surface area contributed by atoms with Crippen LogP contribution in [0.2, 0.25) is 0 Å². The maximum Gasteiger partial charge on any atom is 0.336 e. The minimum Gasteiger partial charge on any atom is -0.423 e. The van der Waals surface area contributed by atoms with Crippen molar-refractivity contribution in [2.75, 3.05) is 31.5 Å². The van der Waals surface area contributed by atoms with Gasteiger partial charge in [0.1, 0.15) is 11.4 Å². The highest BCUT2D eigenvalue weighted by molar-refractivity contribution is 7.80. The van der Waals surface area contributed by atoms with Crippen LogP contribution in [0.15, 0.2) is 57.7 Å². The summed E-state index contributed by atoms with van der Waals surface area (Å²) in [7, 11) is 0. The molecule has 150 valence electrons. The largest absolute Gasteiger partial charge is 0.423 e. The first-order valence-electron chi connectivity index (χ1n) is 9.55. The molecule has 0 atom stereocenters. The van der Waals surface area contributed by atoms with Gasteiger partial charge in [-0.3, -0.25) is 4.90 Å². The van der Waals surface area contributed by atoms with Crippen LogP contribution in [0, 0.1) is 12.7 Å². The first-order valence-corrected chi connectivity index (χ1v) is 9.96. The minimum atomic E-state index is -0.357. The molecule has 2 aromatic carbocycles. The molecular formula is C22H22FN3O2S. The van der Waals surface area contributed by atoms with Gasteiger partial charge in [-0.1, -0.05) is 12.1 Å². The Labute approximate surface area is 173 Å². The molecule has 29 heavy (non-hydrogen) atoms. The molecule has 0 radical (unpaired) electrons. The first kappa shape index (κ1) is 19.5. The van der Waals surface area contributed by atoms with Gasteiger partial charge < -0.3 is 14.6 Å². The molecule has 0 aliphatic carbocycles. The molecule has 0 bridgehead atoms. The predicted molar refractivity (Wildman–Crippen MR) is 117 cm³/mol. The van der Waals surface area contributed by atoms with Crippen molar-refractivity contribution in [1.82, 2.24) is 9.80 Å². The van der Waals surface area contributed by atoms with Gasteiger partial charge in [0.05, 0.1) is 0 Å². The SMILES string of the molecule is Cc1cc(=O)oc2cc(NC(=S)N3CCN(Cc4cccc(F)c4)CC3)ccc12. The zero-order chi connectivity index (χ0) is 20.4. The summed E-state index contributed by atoms with van der Waals surface area (Å²) in [5.74, 6) is -0.201. The molecular weight excluding hydrogens is 389 g/mol. The third kappa shape index (κ3) is 4.63. The van der Waals surface area contributed by atoms with E-state index in [9.17, 15) is 9.18 Å². The smallest absolute Gasteiger partial charge is 0.336 e. The molecule has 4 rings (SSSR count). The van der Waals surface area contributed by atoms with E-state index in [4.69, 9.17) is 16.6 Å². The maximum absolute atomic E-state index is 13.4. The van der Waals surface area contributed by atoms with Gasteiger partial charge in [0.15, 0.2) is 5.11 Å². The second kappa shape index (κ2) is 8.31. The zero-order valence-electron chi connectivity index (χ0n) is 16.2. The molecule has 1 saturated heterocycles. The normalized spacial score (nSPS) is 14.9. The van der Waals surface area contributed by atoms with Crippen LogP contribution in [-0.2, 0) is 6.54 Å². The van der Waals surface area contributed by atoms with Crippen molar-refractivity contribution >= 4 is 34.0 Å². The summed E-state index contributed by atoms with van der Waals surface area (Å²) in [5, 5.41) is 4.79. The second-order valence-electron chi connectivity index (χ2n) is 7.28. The van der Waals surface area contributed by atoms with Crippen molar-refractivity contribution in [2.45, 2.75) is 13.5 Å². The van der Waals surface area contributed by atoms with Crippen LogP contribution < -0.4 is 10.9 Å². The molecule has 1 aliphatic heterocycles. The second-order valence-corrected chi connectivity index (χ2v) is 7.67. The molecule has 0 spiro atoms. The Morgan fingerprint density at radius 3 is 2.69 bits per heavy atom. The fourth-order valence-corrected chi connectivity index (χ4v) is 3.91. The van der Waals surface area contributed by atoms with E-state index in [1.54, 1.807) is 18.2 Å². The Bertz CT molecular complexity index is 1110. The first-order chi connectivity index (χ1) is 14.0. The van der Waals surface area contributed by atoms with Gasteiger partial charge in [-0.05, 0) is 54.5 Å². The standard InChI is InChI=1S/C22H22FN3O2S/c1-15-11-21(27)28-20-13-18(5-6-19(15)20)24-22(29)26-9-7-25(8-10-26)14-16-3-2-4-17(23)12-16/h2-6,11-13H,7-10,14H2,1H3,(H,24,29). The van der Waals surface area contributed by atoms with E-state index >= 15 is 0 Å². The van der Waals surface area contributed by atoms with Gasteiger partial charge in [-0.2, -0.15) is 0 Å². The number of rotatable bonds is 3. The van der Waals surface area contributed by atoms with Gasteiger partial charge in [0.25, 0.3) is 0 Å². The quantitative estimate of drug-likeness (QED) is 0.523. The Morgan fingerprint density at radius 2 is 1.93 bits per heavy atom. The number of halogens is 1. The summed E-state index contributed by atoms with van der Waals surface area (Å²) in [6.07, 6.45) is 0. The van der Waals surface area contributed by atoms with Crippen molar-refractivity contribution in [3.05, 3.63) is 75.9 Å². The minimum absolute atomic E-state index is 0.201. The van der Waals surface area contributed by atoms with Crippen LogP contribution in [-0.4, -0.2) is 41.1 Å². The summed E-state index contributed by atoms with van der Waals surface area (Å²) >= 11 is 5.57. The lowest BCUT2D eigenvalue weighted by Crippen LogP contribution is -2.49. The van der Waals surface area contributed by atoms with E-state index in [2.05, 4.69) is 15.1 Å². The number of benzene rings is 2. The molecule has 1 aliphatic rings. The van der Waals surface area contributed by atoms with E-state index < -0.39 is 0 Å². The van der Waals surface area contributed by atoms with Crippen molar-refractivity contribution < 1.29 is 8.81 Å². The molecule has 2 heterocycles. The summed E-state index contributed by atoms with van der Waals surface area (Å²) in [4.78, 5) is 16.0. The molecule has 0 saturated carbocycles. The average molecular weight is 412 g/mol. The van der Waals surface area contributed by atoms with Crippen LogP contribution >= 0.6 is 12.2 Å². The van der Waals surface area contributed by atoms with Crippen LogP contribution in [0.5, 0.6) is 0 Å². The van der Waals surface area contributed by atoms with Crippen LogP contribution in [0.3, 0.4) is 0 Å². The van der Waals surface area contributed by atoms with Crippen LogP contribution in [0.1, 0.15) is 11.1 Å². The molecule has 5 nitrogen and oxygen atoms in total. The summed E-state index contributed by atoms with van der Waals surface area (Å²) in [6, 6.07) is 13.9. The summed E-state index contributed by atoms with van der Waals surface area (Å²) in [6.45, 7) is 5.91. The molecule has 1 N–H and O–H groups in total. The monoisotopic (exact) mass is 411 g/mol. The van der Waals surface area contributed by atoms with Crippen molar-refractivity contribution in [3.63, 3.8) is 0 Å². The highest BCUT2D eigenvalue weighted by Gasteiger charge is 2.19. The van der Waals surface area contributed by atoms with Crippen LogP contribution in [0.25, 0.3) is 11.0 Å². The molecule has 3 aromatic rings. The highest BCUT2D eigenvalue weighted by atomic mass is 32.1. The third-order valence-electron chi connectivity index (χ3n) is 5.16. The summed E-state index contributed by atoms with van der Waals surface area (Å²) in [5.41, 5.74) is 2.84. The lowest BCUT2D eigenvalue weighted by atomic mass is 10.1. The van der Waals surface area contributed by atoms with E-state index in [0.717, 1.165) is 54.9 Å². The van der Waals surface area contributed by atoms with Gasteiger partial charge in [0, 0.05) is 55.9 Å². The Kier molecular flexibility index (Phi) is 5.60. The molecule has 1 fully saturated rings. The third-order valence-corrected chi connectivity index (χ3v) is 5.52. The number of anilines is 1. The van der Waals surface area contributed by atoms with Crippen LogP contribution in [0.4, 0.5) is 10.1 Å². The number of thiocarbonyl (C=S) groups is 1. The Morgan fingerprint density at radius 1 is 1.14 bits per heavy atom. The lowest BCUT2D eigenvalue weighted by molar-refractivity contribution is 0.177. The zero-order valence-corrected chi connectivity index (χ0v) is 17.0. The van der Waals surface area contributed by atoms with Gasteiger partial charge in [-0.15, -0.1) is 0 Å². The molecule has 0 amide bonds. The number of aryl methyl sites for hydroxylation is 1. The van der Waals surface area contributed by atoms with E-state index in [1.165, 1.54) is 12.1 Å². The Hall–Kier alpha value is -2.77. The molecule has 1 aromatic heterocycles. The van der Waals surface area contributed by atoms with E-state index in [1.807, 2.05) is 25.1 Å². The fraction of sp³-hybridized carbons (Fsp3) is 0.273. The number of piperazine rings is 1. The van der Waals surface area contributed by atoms with Crippen molar-refractivity contribution in [3.8, 4) is 0 Å².